The highest BCUT2D eigenvalue weighted by molar-refractivity contribution is 5.56. The minimum Gasteiger partial charge on any atom is -0.402 e. The van der Waals surface area contributed by atoms with Crippen molar-refractivity contribution in [3.8, 4) is 22.7 Å². The molecule has 0 spiro atoms. The molecule has 8 nitrogen and oxygen atoms in total. The smallest absolute Gasteiger partial charge is 0.335 e. The van der Waals surface area contributed by atoms with E-state index in [2.05, 4.69) is 62.0 Å². The number of hydrogen-bond donors (Lipinski definition) is 1. The van der Waals surface area contributed by atoms with E-state index >= 15 is 0 Å². The van der Waals surface area contributed by atoms with Gasteiger partial charge in [-0.15, -0.1) is 5.10 Å². The summed E-state index contributed by atoms with van der Waals surface area (Å²) in [5, 5.41) is 23.5. The summed E-state index contributed by atoms with van der Waals surface area (Å²) in [4.78, 5) is 0. The number of rotatable bonds is 7. The van der Waals surface area contributed by atoms with Crippen LogP contribution in [0.2, 0.25) is 0 Å². The van der Waals surface area contributed by atoms with Gasteiger partial charge in [-0.3, -0.25) is 5.10 Å². The summed E-state index contributed by atoms with van der Waals surface area (Å²) in [6, 6.07) is 4.32. The molecule has 4 rings (SSSR count). The number of nitrogens with one attached hydrogen (secondary N) is 1. The fourth-order valence-corrected chi connectivity index (χ4v) is 3.23. The number of nitrogens with zero attached hydrogens (tertiary/aromatic N) is 6. The van der Waals surface area contributed by atoms with Crippen molar-refractivity contribution < 1.29 is 8.98 Å². The molecule has 0 saturated carbocycles. The number of aromatic amines is 1. The maximum Gasteiger partial charge on any atom is 0.335 e. The van der Waals surface area contributed by atoms with Gasteiger partial charge in [-0.05, 0) is 29.2 Å². The molecular weight excluding hydrogens is 366 g/mol. The van der Waals surface area contributed by atoms with Crippen molar-refractivity contribution in [1.82, 2.24) is 30.6 Å². The van der Waals surface area contributed by atoms with Crippen LogP contribution in [-0.2, 0) is 6.42 Å². The van der Waals surface area contributed by atoms with Crippen LogP contribution in [0.25, 0.3) is 22.7 Å². The first kappa shape index (κ1) is 18.9. The van der Waals surface area contributed by atoms with Crippen LogP contribution in [0.15, 0.2) is 53.9 Å². The van der Waals surface area contributed by atoms with Gasteiger partial charge in [0.15, 0.2) is 6.04 Å². The van der Waals surface area contributed by atoms with E-state index in [1.54, 1.807) is 18.8 Å². The summed E-state index contributed by atoms with van der Waals surface area (Å²) in [6.07, 6.45) is 12.7. The second-order valence-corrected chi connectivity index (χ2v) is 7.39. The van der Waals surface area contributed by atoms with Crippen LogP contribution in [0, 0.1) is 0 Å². The van der Waals surface area contributed by atoms with Crippen LogP contribution in [0.3, 0.4) is 0 Å². The summed E-state index contributed by atoms with van der Waals surface area (Å²) >= 11 is 0. The van der Waals surface area contributed by atoms with Crippen molar-refractivity contribution in [2.24, 2.45) is 0 Å². The Kier molecular flexibility index (Phi) is 5.41. The Labute approximate surface area is 169 Å². The third kappa shape index (κ3) is 4.21. The molecule has 1 atom stereocenters. The topological polar surface area (TPSA) is 97.3 Å². The summed E-state index contributed by atoms with van der Waals surface area (Å²) in [7, 11) is 0. The molecule has 29 heavy (non-hydrogen) atoms. The molecule has 8 heteroatoms. The number of oxazole rings is 1. The van der Waals surface area contributed by atoms with E-state index in [-0.39, 0.29) is 6.04 Å². The van der Waals surface area contributed by atoms with Crippen molar-refractivity contribution in [2.45, 2.75) is 45.6 Å². The first-order chi connectivity index (χ1) is 14.1. The van der Waals surface area contributed by atoms with Crippen molar-refractivity contribution in [1.29, 1.82) is 0 Å². The second-order valence-electron chi connectivity index (χ2n) is 7.39. The molecule has 0 fully saturated rings. The van der Waals surface area contributed by atoms with Crippen molar-refractivity contribution in [3.63, 3.8) is 0 Å². The predicted molar refractivity (Wildman–Crippen MR) is 107 cm³/mol. The van der Waals surface area contributed by atoms with Crippen LogP contribution in [0.5, 0.6) is 0 Å². The van der Waals surface area contributed by atoms with Crippen LogP contribution in [0.4, 0.5) is 0 Å². The fourth-order valence-electron chi connectivity index (χ4n) is 3.23. The van der Waals surface area contributed by atoms with E-state index < -0.39 is 0 Å². The monoisotopic (exact) mass is 390 g/mol. The average Bonchev–Trinajstić information content (AvgIpc) is 3.45. The predicted octanol–water partition coefficient (Wildman–Crippen LogP) is 3.52. The fraction of sp³-hybridized carbons (Fsp3) is 0.333. The minimum atomic E-state index is 0.232. The second kappa shape index (κ2) is 8.30. The molecule has 0 aliphatic heterocycles. The Bertz CT molecular complexity index is 1070. The quantitative estimate of drug-likeness (QED) is 0.485. The molecular formula is C21H24N7O+. The molecule has 0 aliphatic carbocycles. The molecule has 1 N–H and O–H groups in total. The zero-order valence-corrected chi connectivity index (χ0v) is 16.8. The van der Waals surface area contributed by atoms with Gasteiger partial charge in [0, 0.05) is 24.6 Å². The van der Waals surface area contributed by atoms with Gasteiger partial charge in [0.25, 0.3) is 0 Å². The van der Waals surface area contributed by atoms with Crippen molar-refractivity contribution in [2.75, 3.05) is 0 Å². The van der Waals surface area contributed by atoms with E-state index in [1.165, 1.54) is 0 Å². The lowest BCUT2D eigenvalue weighted by molar-refractivity contribution is -0.725. The van der Waals surface area contributed by atoms with Crippen LogP contribution in [-0.4, -0.2) is 30.6 Å². The standard InChI is InChI=1S/C21H24N7O/c1-4-18(5-15-6-19(26-24-8-15)17-10-22-23-11-17)28-12-21(29-13-28)20-7-16(14(2)3)9-25-27-20/h6-14,18H,4-5H2,1-3H3,(H,22,23)/q+1. The van der Waals surface area contributed by atoms with Crippen LogP contribution >= 0.6 is 0 Å². The normalized spacial score (nSPS) is 12.4. The molecule has 0 saturated heterocycles. The Balaban J connectivity index is 1.55. The highest BCUT2D eigenvalue weighted by atomic mass is 16.3. The molecule has 0 aromatic carbocycles. The largest absolute Gasteiger partial charge is 0.402 e. The van der Waals surface area contributed by atoms with Crippen LogP contribution < -0.4 is 4.57 Å². The average molecular weight is 390 g/mol. The molecule has 4 aromatic heterocycles. The van der Waals surface area contributed by atoms with Gasteiger partial charge in [-0.2, -0.15) is 25.0 Å². The molecule has 0 bridgehead atoms. The number of aromatic nitrogens is 7. The van der Waals surface area contributed by atoms with Crippen molar-refractivity contribution in [3.05, 3.63) is 60.6 Å². The molecule has 1 unspecified atom stereocenters. The lowest BCUT2D eigenvalue weighted by atomic mass is 10.0. The summed E-state index contributed by atoms with van der Waals surface area (Å²) in [5.74, 6) is 1.10. The molecule has 148 valence electrons. The van der Waals surface area contributed by atoms with E-state index in [1.807, 2.05) is 24.7 Å². The van der Waals surface area contributed by atoms with E-state index in [4.69, 9.17) is 4.42 Å². The summed E-state index contributed by atoms with van der Waals surface area (Å²) < 4.78 is 7.90. The summed E-state index contributed by atoms with van der Waals surface area (Å²) in [5.41, 5.74) is 4.73. The number of hydrogen-bond acceptors (Lipinski definition) is 6. The van der Waals surface area contributed by atoms with Gasteiger partial charge in [-0.1, -0.05) is 20.8 Å². The highest BCUT2D eigenvalue weighted by Gasteiger charge is 2.22. The number of H-pyrrole nitrogens is 1. The molecule has 0 amide bonds. The molecule has 4 heterocycles. The Morgan fingerprint density at radius 3 is 2.66 bits per heavy atom. The first-order valence-corrected chi connectivity index (χ1v) is 9.77. The van der Waals surface area contributed by atoms with Gasteiger partial charge < -0.3 is 4.42 Å². The van der Waals surface area contributed by atoms with Gasteiger partial charge in [-0.25, -0.2) is 0 Å². The Hall–Kier alpha value is -3.42. The Morgan fingerprint density at radius 1 is 1.07 bits per heavy atom. The minimum absolute atomic E-state index is 0.232. The SMILES string of the molecule is CCC(Cc1cnnc(-c2cn[nH]c2)c1)[n+]1coc(-c2cc(C(C)C)cnn2)c1. The van der Waals surface area contributed by atoms with Gasteiger partial charge >= 0.3 is 6.39 Å². The van der Waals surface area contributed by atoms with Gasteiger partial charge in [0.1, 0.15) is 5.69 Å². The molecule has 0 aliphatic rings. The van der Waals surface area contributed by atoms with Gasteiger partial charge in [0.2, 0.25) is 12.0 Å². The maximum atomic E-state index is 5.81. The van der Waals surface area contributed by atoms with E-state index in [0.717, 1.165) is 40.9 Å². The third-order valence-corrected chi connectivity index (χ3v) is 5.03. The zero-order valence-electron chi connectivity index (χ0n) is 16.8. The van der Waals surface area contributed by atoms with Crippen molar-refractivity contribution >= 4 is 0 Å². The van der Waals surface area contributed by atoms with Gasteiger partial charge in [0.05, 0.1) is 24.3 Å². The Morgan fingerprint density at radius 2 is 1.90 bits per heavy atom. The summed E-state index contributed by atoms with van der Waals surface area (Å²) in [6.45, 7) is 6.43. The lowest BCUT2D eigenvalue weighted by Gasteiger charge is -2.08. The van der Waals surface area contributed by atoms with Crippen LogP contribution in [0.1, 0.15) is 50.3 Å². The lowest BCUT2D eigenvalue weighted by Crippen LogP contribution is -2.37. The zero-order chi connectivity index (χ0) is 20.2. The maximum absolute atomic E-state index is 5.81. The first-order valence-electron chi connectivity index (χ1n) is 9.77. The van der Waals surface area contributed by atoms with E-state index in [0.29, 0.717) is 11.7 Å². The molecule has 4 aromatic rings. The third-order valence-electron chi connectivity index (χ3n) is 5.03. The van der Waals surface area contributed by atoms with E-state index in [9.17, 15) is 0 Å². The molecule has 0 radical (unpaired) electrons. The highest BCUT2D eigenvalue weighted by Crippen LogP contribution is 2.22.